The van der Waals surface area contributed by atoms with E-state index in [0.29, 0.717) is 0 Å². The average molecular weight is 232 g/mol. The first-order valence-corrected chi connectivity index (χ1v) is 5.59. The van der Waals surface area contributed by atoms with Gasteiger partial charge in [0, 0.05) is 13.2 Å². The molecule has 1 aromatic rings. The molecule has 0 amide bonds. The van der Waals surface area contributed by atoms with Crippen LogP contribution in [-0.4, -0.2) is 33.1 Å². The average Bonchev–Trinajstić information content (AvgIpc) is 2.60. The summed E-state index contributed by atoms with van der Waals surface area (Å²) in [5.41, 5.74) is 0.186. The lowest BCUT2D eigenvalue weighted by Crippen LogP contribution is -2.17. The summed E-state index contributed by atoms with van der Waals surface area (Å²) in [6.07, 6.45) is 1.35. The lowest BCUT2D eigenvalue weighted by molar-refractivity contribution is 0.0590. The summed E-state index contributed by atoms with van der Waals surface area (Å²) in [6.45, 7) is 0. The zero-order valence-electron chi connectivity index (χ0n) is 8.64. The Morgan fingerprint density at radius 3 is 2.60 bits per heavy atom. The highest BCUT2D eigenvalue weighted by Gasteiger charge is 2.19. The minimum Gasteiger partial charge on any atom is -0.464 e. The SMILES string of the molecule is CNS(=O)(=O)c1cc(C(=O)OC)n(C)c1. The molecule has 0 saturated carbocycles. The zero-order valence-corrected chi connectivity index (χ0v) is 9.46. The molecule has 0 aliphatic rings. The highest BCUT2D eigenvalue weighted by molar-refractivity contribution is 7.89. The van der Waals surface area contributed by atoms with E-state index in [2.05, 4.69) is 9.46 Å². The minimum absolute atomic E-state index is 0.0351. The standard InChI is InChI=1S/C8H12N2O4S/c1-9-15(12,13)6-4-7(8(11)14-3)10(2)5-6/h4-5,9H,1-3H3. The molecule has 0 bridgehead atoms. The second-order valence-corrected chi connectivity index (χ2v) is 4.76. The number of aromatic nitrogens is 1. The molecule has 0 radical (unpaired) electrons. The molecule has 0 aliphatic carbocycles. The molecule has 0 saturated heterocycles. The van der Waals surface area contributed by atoms with Crippen molar-refractivity contribution in [3.8, 4) is 0 Å². The summed E-state index contributed by atoms with van der Waals surface area (Å²) in [5.74, 6) is -0.574. The maximum Gasteiger partial charge on any atom is 0.354 e. The summed E-state index contributed by atoms with van der Waals surface area (Å²) in [7, 11) is 0.594. The van der Waals surface area contributed by atoms with Gasteiger partial charge in [-0.3, -0.25) is 0 Å². The van der Waals surface area contributed by atoms with Crippen LogP contribution in [0.1, 0.15) is 10.5 Å². The highest BCUT2D eigenvalue weighted by atomic mass is 32.2. The summed E-state index contributed by atoms with van der Waals surface area (Å²) in [5, 5.41) is 0. The molecule has 1 heterocycles. The fourth-order valence-corrected chi connectivity index (χ4v) is 1.91. The zero-order chi connectivity index (χ0) is 11.6. The van der Waals surface area contributed by atoms with Gasteiger partial charge in [0.1, 0.15) is 10.6 Å². The van der Waals surface area contributed by atoms with Gasteiger partial charge >= 0.3 is 5.97 Å². The fourth-order valence-electron chi connectivity index (χ4n) is 1.11. The first-order chi connectivity index (χ1) is 6.92. The maximum absolute atomic E-state index is 11.4. The smallest absolute Gasteiger partial charge is 0.354 e. The molecular formula is C8H12N2O4S. The summed E-state index contributed by atoms with van der Waals surface area (Å²) >= 11 is 0. The number of carbonyl (C=O) groups is 1. The first kappa shape index (κ1) is 11.7. The largest absolute Gasteiger partial charge is 0.464 e. The molecule has 0 aromatic carbocycles. The van der Waals surface area contributed by atoms with Crippen molar-refractivity contribution in [1.29, 1.82) is 0 Å². The molecule has 84 valence electrons. The summed E-state index contributed by atoms with van der Waals surface area (Å²) in [4.78, 5) is 11.2. The summed E-state index contributed by atoms with van der Waals surface area (Å²) < 4.78 is 30.9. The van der Waals surface area contributed by atoms with E-state index in [9.17, 15) is 13.2 Å². The number of aryl methyl sites for hydroxylation is 1. The Balaban J connectivity index is 3.23. The molecule has 1 rings (SSSR count). The van der Waals surface area contributed by atoms with Gasteiger partial charge in [0.25, 0.3) is 0 Å². The number of ether oxygens (including phenoxy) is 1. The quantitative estimate of drug-likeness (QED) is 0.727. The molecular weight excluding hydrogens is 220 g/mol. The van der Waals surface area contributed by atoms with Gasteiger partial charge in [-0.15, -0.1) is 0 Å². The monoisotopic (exact) mass is 232 g/mol. The van der Waals surface area contributed by atoms with Crippen LogP contribution >= 0.6 is 0 Å². The molecule has 0 spiro atoms. The summed E-state index contributed by atoms with van der Waals surface area (Å²) in [6, 6.07) is 1.26. The Morgan fingerprint density at radius 1 is 1.53 bits per heavy atom. The Hall–Kier alpha value is -1.34. The van der Waals surface area contributed by atoms with Gasteiger partial charge in [-0.05, 0) is 13.1 Å². The van der Waals surface area contributed by atoms with Gasteiger partial charge in [0.05, 0.1) is 7.11 Å². The van der Waals surface area contributed by atoms with E-state index in [1.165, 1.54) is 31.0 Å². The van der Waals surface area contributed by atoms with Gasteiger partial charge in [-0.1, -0.05) is 0 Å². The number of methoxy groups -OCH3 is 1. The first-order valence-electron chi connectivity index (χ1n) is 4.10. The van der Waals surface area contributed by atoms with Crippen molar-refractivity contribution >= 4 is 16.0 Å². The molecule has 0 fully saturated rings. The predicted octanol–water partition coefficient (Wildman–Crippen LogP) is -0.280. The van der Waals surface area contributed by atoms with Crippen molar-refractivity contribution in [2.45, 2.75) is 4.90 Å². The molecule has 0 atom stereocenters. The fraction of sp³-hybridized carbons (Fsp3) is 0.375. The minimum atomic E-state index is -3.52. The van der Waals surface area contributed by atoms with Crippen LogP contribution in [-0.2, 0) is 21.8 Å². The van der Waals surface area contributed by atoms with E-state index in [1.807, 2.05) is 0 Å². The van der Waals surface area contributed by atoms with Crippen LogP contribution < -0.4 is 4.72 Å². The Morgan fingerprint density at radius 2 is 2.13 bits per heavy atom. The molecule has 1 aromatic heterocycles. The molecule has 1 N–H and O–H groups in total. The second kappa shape index (κ2) is 4.03. The van der Waals surface area contributed by atoms with E-state index in [4.69, 9.17) is 0 Å². The van der Waals surface area contributed by atoms with E-state index >= 15 is 0 Å². The van der Waals surface area contributed by atoms with Crippen molar-refractivity contribution in [3.63, 3.8) is 0 Å². The van der Waals surface area contributed by atoms with Crippen molar-refractivity contribution in [1.82, 2.24) is 9.29 Å². The lowest BCUT2D eigenvalue weighted by Gasteiger charge is -1.98. The van der Waals surface area contributed by atoms with Crippen molar-refractivity contribution in [3.05, 3.63) is 18.0 Å². The number of hydrogen-bond donors (Lipinski definition) is 1. The van der Waals surface area contributed by atoms with Gasteiger partial charge in [0.15, 0.2) is 0 Å². The third-order valence-corrected chi connectivity index (χ3v) is 3.33. The van der Waals surface area contributed by atoms with Crippen LogP contribution in [0.25, 0.3) is 0 Å². The molecule has 6 nitrogen and oxygen atoms in total. The van der Waals surface area contributed by atoms with E-state index in [1.54, 1.807) is 7.05 Å². The van der Waals surface area contributed by atoms with E-state index in [0.717, 1.165) is 0 Å². The molecule has 0 aliphatic heterocycles. The number of esters is 1. The Kier molecular flexibility index (Phi) is 3.15. The Labute approximate surface area is 87.9 Å². The number of nitrogens with one attached hydrogen (secondary N) is 1. The number of nitrogens with zero attached hydrogens (tertiary/aromatic N) is 1. The lowest BCUT2D eigenvalue weighted by atomic mass is 10.4. The van der Waals surface area contributed by atoms with Crippen LogP contribution in [0.4, 0.5) is 0 Å². The van der Waals surface area contributed by atoms with Gasteiger partial charge in [-0.2, -0.15) is 0 Å². The molecule has 7 heteroatoms. The third-order valence-electron chi connectivity index (χ3n) is 1.95. The van der Waals surface area contributed by atoms with Crippen molar-refractivity contribution in [2.24, 2.45) is 7.05 Å². The second-order valence-electron chi connectivity index (χ2n) is 2.87. The van der Waals surface area contributed by atoms with Crippen molar-refractivity contribution in [2.75, 3.05) is 14.2 Å². The van der Waals surface area contributed by atoms with E-state index in [-0.39, 0.29) is 10.6 Å². The number of rotatable bonds is 3. The van der Waals surface area contributed by atoms with Gasteiger partial charge in [-0.25, -0.2) is 17.9 Å². The number of sulfonamides is 1. The van der Waals surface area contributed by atoms with Crippen molar-refractivity contribution < 1.29 is 17.9 Å². The third kappa shape index (κ3) is 2.18. The predicted molar refractivity (Wildman–Crippen MR) is 53.0 cm³/mol. The highest BCUT2D eigenvalue weighted by Crippen LogP contribution is 2.13. The number of hydrogen-bond acceptors (Lipinski definition) is 4. The Bertz CT molecular complexity index is 475. The molecule has 15 heavy (non-hydrogen) atoms. The van der Waals surface area contributed by atoms with Crippen LogP contribution in [0.5, 0.6) is 0 Å². The van der Waals surface area contributed by atoms with Gasteiger partial charge < -0.3 is 9.30 Å². The van der Waals surface area contributed by atoms with Crippen LogP contribution in [0, 0.1) is 0 Å². The maximum atomic E-state index is 11.4. The topological polar surface area (TPSA) is 77.4 Å². The van der Waals surface area contributed by atoms with Crippen LogP contribution in [0.2, 0.25) is 0 Å². The van der Waals surface area contributed by atoms with Gasteiger partial charge in [0.2, 0.25) is 10.0 Å². The van der Waals surface area contributed by atoms with Crippen LogP contribution in [0.15, 0.2) is 17.2 Å². The van der Waals surface area contributed by atoms with E-state index < -0.39 is 16.0 Å². The molecule has 0 unspecified atom stereocenters. The normalized spacial score (nSPS) is 11.4. The van der Waals surface area contributed by atoms with Crippen LogP contribution in [0.3, 0.4) is 0 Å². The number of carbonyl (C=O) groups excluding carboxylic acids is 1.